The molecule has 0 saturated carbocycles. The summed E-state index contributed by atoms with van der Waals surface area (Å²) in [5.74, 6) is 0.757. The first-order chi connectivity index (χ1) is 15.3. The van der Waals surface area contributed by atoms with E-state index in [2.05, 4.69) is 55.1 Å². The Balaban J connectivity index is 1.60. The van der Waals surface area contributed by atoms with Crippen LogP contribution in [0.15, 0.2) is 47.7 Å². The first-order valence-electron chi connectivity index (χ1n) is 11.4. The van der Waals surface area contributed by atoms with E-state index < -0.39 is 6.10 Å². The van der Waals surface area contributed by atoms with Crippen molar-refractivity contribution in [1.29, 1.82) is 0 Å². The van der Waals surface area contributed by atoms with Crippen LogP contribution in [0.1, 0.15) is 19.4 Å². The van der Waals surface area contributed by atoms with E-state index in [-0.39, 0.29) is 23.8 Å². The maximum atomic E-state index is 12.6. The lowest BCUT2D eigenvalue weighted by Crippen LogP contribution is -2.59. The molecular formula is C26H34N2O4. The Morgan fingerprint density at radius 1 is 1.22 bits per heavy atom. The number of methoxy groups -OCH3 is 1. The summed E-state index contributed by atoms with van der Waals surface area (Å²) < 4.78 is 11.4. The molecule has 0 radical (unpaired) electrons. The third-order valence-electron chi connectivity index (χ3n) is 7.04. The van der Waals surface area contributed by atoms with E-state index in [0.29, 0.717) is 18.8 Å². The minimum absolute atomic E-state index is 0.114. The number of hydrogen-bond donors (Lipinski definition) is 1. The SMILES string of the molecule is COC(=O)C1=C(COc2cccc3c(CCN(C)C)cccc23)C(C)C2C(C(C)O)CN12. The maximum absolute atomic E-state index is 12.6. The minimum Gasteiger partial charge on any atom is -0.488 e. The fourth-order valence-corrected chi connectivity index (χ4v) is 5.21. The number of aliphatic hydroxyl groups excluding tert-OH is 1. The van der Waals surface area contributed by atoms with Crippen LogP contribution in [-0.2, 0) is 16.0 Å². The van der Waals surface area contributed by atoms with Gasteiger partial charge in [-0.3, -0.25) is 0 Å². The zero-order valence-electron chi connectivity index (χ0n) is 19.7. The highest BCUT2D eigenvalue weighted by atomic mass is 16.5. The van der Waals surface area contributed by atoms with Gasteiger partial charge in [0.15, 0.2) is 0 Å². The number of carbonyl (C=O) groups excluding carboxylic acids is 1. The van der Waals surface area contributed by atoms with E-state index in [9.17, 15) is 9.90 Å². The van der Waals surface area contributed by atoms with Gasteiger partial charge in [-0.05, 0) is 44.5 Å². The van der Waals surface area contributed by atoms with Crippen molar-refractivity contribution in [2.24, 2.45) is 11.8 Å². The molecule has 4 unspecified atom stereocenters. The number of benzene rings is 2. The number of carbonyl (C=O) groups is 1. The second kappa shape index (κ2) is 9.12. The first-order valence-corrected chi connectivity index (χ1v) is 11.4. The van der Waals surface area contributed by atoms with Crippen LogP contribution in [0.3, 0.4) is 0 Å². The van der Waals surface area contributed by atoms with Gasteiger partial charge in [-0.25, -0.2) is 4.79 Å². The van der Waals surface area contributed by atoms with Crippen molar-refractivity contribution in [3.63, 3.8) is 0 Å². The molecule has 4 atom stereocenters. The topological polar surface area (TPSA) is 62.2 Å². The maximum Gasteiger partial charge on any atom is 0.354 e. The molecule has 172 valence electrons. The van der Waals surface area contributed by atoms with Gasteiger partial charge in [-0.1, -0.05) is 37.3 Å². The van der Waals surface area contributed by atoms with Gasteiger partial charge in [0.2, 0.25) is 0 Å². The van der Waals surface area contributed by atoms with Crippen LogP contribution in [0.2, 0.25) is 0 Å². The first kappa shape index (κ1) is 22.6. The standard InChI is InChI=1S/C26H34N2O4/c1-16-22(25(26(30)31-5)28-14-21(17(2)29)24(16)28)15-32-23-11-7-9-19-18(12-13-27(3)4)8-6-10-20(19)23/h6-11,16-17,21,24,29H,12-15H2,1-5H3. The molecule has 1 saturated heterocycles. The predicted octanol–water partition coefficient (Wildman–Crippen LogP) is 3.08. The van der Waals surface area contributed by atoms with Gasteiger partial charge in [0.1, 0.15) is 18.1 Å². The molecule has 0 bridgehead atoms. The molecule has 2 heterocycles. The molecule has 0 aromatic heterocycles. The number of aliphatic hydroxyl groups is 1. The monoisotopic (exact) mass is 438 g/mol. The molecule has 0 aliphatic carbocycles. The molecule has 2 aliphatic heterocycles. The van der Waals surface area contributed by atoms with Crippen LogP contribution in [0.25, 0.3) is 10.8 Å². The predicted molar refractivity (Wildman–Crippen MR) is 126 cm³/mol. The number of likely N-dealkylation sites (N-methyl/N-ethyl adjacent to an activating group) is 1. The van der Waals surface area contributed by atoms with Crippen molar-refractivity contribution in [1.82, 2.24) is 9.80 Å². The zero-order valence-corrected chi connectivity index (χ0v) is 19.7. The van der Waals surface area contributed by atoms with Gasteiger partial charge in [0, 0.05) is 41.9 Å². The highest BCUT2D eigenvalue weighted by Crippen LogP contribution is 2.46. The number of ether oxygens (including phenoxy) is 2. The van der Waals surface area contributed by atoms with Crippen LogP contribution >= 0.6 is 0 Å². The summed E-state index contributed by atoms with van der Waals surface area (Å²) in [6, 6.07) is 12.6. The second-order valence-electron chi connectivity index (χ2n) is 9.31. The number of rotatable bonds is 8. The average Bonchev–Trinajstić information content (AvgIpc) is 2.95. The van der Waals surface area contributed by atoms with Crippen LogP contribution in [0.4, 0.5) is 0 Å². The molecule has 6 nitrogen and oxygen atoms in total. The molecule has 1 fully saturated rings. The number of hydrogen-bond acceptors (Lipinski definition) is 6. The summed E-state index contributed by atoms with van der Waals surface area (Å²) in [7, 11) is 5.58. The van der Waals surface area contributed by atoms with Gasteiger partial charge >= 0.3 is 5.97 Å². The summed E-state index contributed by atoms with van der Waals surface area (Å²) in [5.41, 5.74) is 2.86. The zero-order chi connectivity index (χ0) is 23.0. The van der Waals surface area contributed by atoms with Gasteiger partial charge in [-0.15, -0.1) is 0 Å². The third kappa shape index (κ3) is 3.97. The summed E-state index contributed by atoms with van der Waals surface area (Å²) in [4.78, 5) is 16.9. The lowest BCUT2D eigenvalue weighted by molar-refractivity contribution is -0.140. The summed E-state index contributed by atoms with van der Waals surface area (Å²) in [6.07, 6.45) is 0.566. The Morgan fingerprint density at radius 3 is 2.62 bits per heavy atom. The largest absolute Gasteiger partial charge is 0.488 e. The van der Waals surface area contributed by atoms with Gasteiger partial charge in [-0.2, -0.15) is 0 Å². The van der Waals surface area contributed by atoms with Crippen LogP contribution in [-0.4, -0.2) is 73.9 Å². The molecule has 2 aliphatic rings. The molecule has 0 amide bonds. The highest BCUT2D eigenvalue weighted by molar-refractivity contribution is 5.91. The van der Waals surface area contributed by atoms with Crippen molar-refractivity contribution in [3.05, 3.63) is 53.2 Å². The van der Waals surface area contributed by atoms with Crippen LogP contribution < -0.4 is 4.74 Å². The van der Waals surface area contributed by atoms with E-state index in [0.717, 1.165) is 29.7 Å². The third-order valence-corrected chi connectivity index (χ3v) is 7.04. The van der Waals surface area contributed by atoms with Gasteiger partial charge in [0.05, 0.1) is 13.2 Å². The molecule has 6 heteroatoms. The minimum atomic E-state index is -0.406. The Hall–Kier alpha value is -2.57. The summed E-state index contributed by atoms with van der Waals surface area (Å²) in [5, 5.41) is 12.4. The summed E-state index contributed by atoms with van der Waals surface area (Å²) in [6.45, 7) is 5.92. The Bertz CT molecular complexity index is 1030. The molecular weight excluding hydrogens is 404 g/mol. The van der Waals surface area contributed by atoms with E-state index in [4.69, 9.17) is 9.47 Å². The van der Waals surface area contributed by atoms with Crippen LogP contribution in [0, 0.1) is 11.8 Å². The Morgan fingerprint density at radius 2 is 1.94 bits per heavy atom. The molecule has 4 rings (SSSR count). The normalized spacial score (nSPS) is 23.3. The quantitative estimate of drug-likeness (QED) is 0.639. The van der Waals surface area contributed by atoms with Gasteiger partial charge in [0.25, 0.3) is 0 Å². The van der Waals surface area contributed by atoms with Crippen molar-refractivity contribution in [2.45, 2.75) is 32.4 Å². The molecule has 2 aromatic carbocycles. The summed E-state index contributed by atoms with van der Waals surface area (Å²) >= 11 is 0. The smallest absolute Gasteiger partial charge is 0.354 e. The Kier molecular flexibility index (Phi) is 6.45. The van der Waals surface area contributed by atoms with Crippen LogP contribution in [0.5, 0.6) is 5.75 Å². The van der Waals surface area contributed by atoms with E-state index in [1.165, 1.54) is 18.1 Å². The van der Waals surface area contributed by atoms with Crippen molar-refractivity contribution < 1.29 is 19.4 Å². The second-order valence-corrected chi connectivity index (χ2v) is 9.31. The molecule has 2 aromatic rings. The van der Waals surface area contributed by atoms with Crippen molar-refractivity contribution >= 4 is 16.7 Å². The van der Waals surface area contributed by atoms with Crippen molar-refractivity contribution in [3.8, 4) is 5.75 Å². The number of nitrogens with zero attached hydrogens (tertiary/aromatic N) is 2. The molecule has 1 N–H and O–H groups in total. The fourth-order valence-electron chi connectivity index (χ4n) is 5.21. The Labute approximate surface area is 190 Å². The van der Waals surface area contributed by atoms with Crippen molar-refractivity contribution in [2.75, 3.05) is 40.9 Å². The highest BCUT2D eigenvalue weighted by Gasteiger charge is 2.53. The van der Waals surface area contributed by atoms with E-state index >= 15 is 0 Å². The lowest BCUT2D eigenvalue weighted by atomic mass is 9.78. The fraction of sp³-hybridized carbons (Fsp3) is 0.500. The molecule has 32 heavy (non-hydrogen) atoms. The number of esters is 1. The average molecular weight is 439 g/mol. The number of fused-ring (bicyclic) bond motifs is 2. The van der Waals surface area contributed by atoms with Gasteiger partial charge < -0.3 is 24.4 Å². The van der Waals surface area contributed by atoms with E-state index in [1.54, 1.807) is 0 Å². The molecule has 0 spiro atoms. The van der Waals surface area contributed by atoms with E-state index in [1.807, 2.05) is 19.1 Å². The lowest BCUT2D eigenvalue weighted by Gasteiger charge is -2.49.